The summed E-state index contributed by atoms with van der Waals surface area (Å²) in [7, 11) is 1.75. The molecule has 0 fully saturated rings. The molecule has 0 spiro atoms. The number of nitrogens with one attached hydrogen (secondary N) is 2. The minimum Gasteiger partial charge on any atom is -0.344 e. The summed E-state index contributed by atoms with van der Waals surface area (Å²) in [6.07, 6.45) is 1.20. The van der Waals surface area contributed by atoms with Crippen molar-refractivity contribution < 1.29 is 9.59 Å². The molecule has 3 rings (SSSR count). The molecule has 162 valence electrons. The number of hydrogen-bond acceptors (Lipinski definition) is 3. The van der Waals surface area contributed by atoms with E-state index >= 15 is 0 Å². The third kappa shape index (κ3) is 6.69. The van der Waals surface area contributed by atoms with Gasteiger partial charge in [-0.3, -0.25) is 4.79 Å². The maximum atomic E-state index is 12.6. The van der Waals surface area contributed by atoms with Gasteiger partial charge in [-0.1, -0.05) is 67.6 Å². The average Bonchev–Trinajstić information content (AvgIpc) is 3.33. The maximum absolute atomic E-state index is 12.6. The van der Waals surface area contributed by atoms with E-state index in [1.165, 1.54) is 5.56 Å². The Morgan fingerprint density at radius 2 is 1.71 bits per heavy atom. The number of aryl methyl sites for hydroxylation is 1. The molecule has 1 heterocycles. The zero-order chi connectivity index (χ0) is 22.1. The molecule has 1 aromatic heterocycles. The lowest BCUT2D eigenvalue weighted by Gasteiger charge is -2.20. The third-order valence-electron chi connectivity index (χ3n) is 5.09. The second-order valence-electron chi connectivity index (χ2n) is 7.43. The summed E-state index contributed by atoms with van der Waals surface area (Å²) in [4.78, 5) is 27.6. The van der Waals surface area contributed by atoms with Crippen molar-refractivity contribution in [1.82, 2.24) is 15.5 Å². The van der Waals surface area contributed by atoms with Gasteiger partial charge >= 0.3 is 6.03 Å². The van der Waals surface area contributed by atoms with Gasteiger partial charge in [0.15, 0.2) is 0 Å². The Bertz CT molecular complexity index is 956. The first-order valence-corrected chi connectivity index (χ1v) is 11.4. The molecule has 0 aliphatic rings. The Kier molecular flexibility index (Phi) is 8.24. The summed E-state index contributed by atoms with van der Waals surface area (Å²) in [6, 6.07) is 21.8. The first kappa shape index (κ1) is 22.6. The number of urea groups is 1. The highest BCUT2D eigenvalue weighted by Gasteiger charge is 2.18. The van der Waals surface area contributed by atoms with Crippen LogP contribution in [-0.2, 0) is 17.8 Å². The van der Waals surface area contributed by atoms with E-state index in [1.54, 1.807) is 23.3 Å². The van der Waals surface area contributed by atoms with Crippen molar-refractivity contribution >= 4 is 23.3 Å². The molecule has 0 saturated heterocycles. The van der Waals surface area contributed by atoms with E-state index < -0.39 is 0 Å². The molecule has 0 saturated carbocycles. The standard InChI is InChI=1S/C25H29N3O2S/c1-3-19-11-13-21(14-12-19)24(22-10-7-17-31-22)27-23(29)15-16-26-25(30)28(2)18-20-8-5-4-6-9-20/h4-14,17,24H,3,15-16,18H2,1-2H3,(H,26,30)(H,27,29). The Hall–Kier alpha value is -3.12. The van der Waals surface area contributed by atoms with Gasteiger partial charge in [0.2, 0.25) is 5.91 Å². The minimum atomic E-state index is -0.193. The topological polar surface area (TPSA) is 61.4 Å². The van der Waals surface area contributed by atoms with Crippen LogP contribution in [0, 0.1) is 0 Å². The van der Waals surface area contributed by atoms with Crippen LogP contribution in [0.4, 0.5) is 4.79 Å². The highest BCUT2D eigenvalue weighted by atomic mass is 32.1. The van der Waals surface area contributed by atoms with E-state index in [0.29, 0.717) is 6.54 Å². The van der Waals surface area contributed by atoms with Crippen LogP contribution in [0.3, 0.4) is 0 Å². The van der Waals surface area contributed by atoms with Crippen LogP contribution >= 0.6 is 11.3 Å². The van der Waals surface area contributed by atoms with Gasteiger partial charge in [0, 0.05) is 31.4 Å². The van der Waals surface area contributed by atoms with Gasteiger partial charge in [-0.2, -0.15) is 0 Å². The maximum Gasteiger partial charge on any atom is 0.317 e. The Morgan fingerprint density at radius 1 is 0.968 bits per heavy atom. The molecule has 1 atom stereocenters. The van der Waals surface area contributed by atoms with Crippen molar-refractivity contribution in [3.05, 3.63) is 93.7 Å². The second-order valence-corrected chi connectivity index (χ2v) is 8.41. The van der Waals surface area contributed by atoms with Crippen LogP contribution in [0.25, 0.3) is 0 Å². The number of benzene rings is 2. The lowest BCUT2D eigenvalue weighted by atomic mass is 10.0. The monoisotopic (exact) mass is 435 g/mol. The predicted molar refractivity (Wildman–Crippen MR) is 126 cm³/mol. The van der Waals surface area contributed by atoms with Crippen molar-refractivity contribution in [2.24, 2.45) is 0 Å². The Balaban J connectivity index is 1.52. The molecule has 3 aromatic rings. The predicted octanol–water partition coefficient (Wildman–Crippen LogP) is 4.75. The summed E-state index contributed by atoms with van der Waals surface area (Å²) < 4.78 is 0. The van der Waals surface area contributed by atoms with Gasteiger partial charge in [-0.05, 0) is 34.6 Å². The van der Waals surface area contributed by atoms with E-state index in [9.17, 15) is 9.59 Å². The van der Waals surface area contributed by atoms with Crippen molar-refractivity contribution in [3.8, 4) is 0 Å². The van der Waals surface area contributed by atoms with E-state index in [1.807, 2.05) is 47.8 Å². The molecule has 5 nitrogen and oxygen atoms in total. The van der Waals surface area contributed by atoms with Crippen molar-refractivity contribution in [1.29, 1.82) is 0 Å². The highest BCUT2D eigenvalue weighted by molar-refractivity contribution is 7.10. The van der Waals surface area contributed by atoms with E-state index in [2.05, 4.69) is 41.8 Å². The zero-order valence-electron chi connectivity index (χ0n) is 18.0. The highest BCUT2D eigenvalue weighted by Crippen LogP contribution is 2.26. The number of carbonyl (C=O) groups excluding carboxylic acids is 2. The molecule has 1 unspecified atom stereocenters. The molecule has 2 aromatic carbocycles. The van der Waals surface area contributed by atoms with Crippen LogP contribution in [0.2, 0.25) is 0 Å². The summed E-state index contributed by atoms with van der Waals surface area (Å²) in [5, 5.41) is 7.96. The van der Waals surface area contributed by atoms with Gasteiger partial charge < -0.3 is 15.5 Å². The SMILES string of the molecule is CCc1ccc(C(NC(=O)CCNC(=O)N(C)Cc2ccccc2)c2cccs2)cc1. The lowest BCUT2D eigenvalue weighted by Crippen LogP contribution is -2.39. The van der Waals surface area contributed by atoms with Gasteiger partial charge in [0.25, 0.3) is 0 Å². The van der Waals surface area contributed by atoms with Gasteiger partial charge in [-0.15, -0.1) is 11.3 Å². The van der Waals surface area contributed by atoms with Gasteiger partial charge in [0.05, 0.1) is 6.04 Å². The van der Waals surface area contributed by atoms with Gasteiger partial charge in [-0.25, -0.2) is 4.79 Å². The fourth-order valence-electron chi connectivity index (χ4n) is 3.30. The largest absolute Gasteiger partial charge is 0.344 e. The van der Waals surface area contributed by atoms with Crippen LogP contribution in [0.5, 0.6) is 0 Å². The summed E-state index contributed by atoms with van der Waals surface area (Å²) >= 11 is 1.62. The molecule has 6 heteroatoms. The summed E-state index contributed by atoms with van der Waals surface area (Å²) in [5.74, 6) is -0.0935. The molecule has 2 N–H and O–H groups in total. The van der Waals surface area contributed by atoms with Crippen LogP contribution < -0.4 is 10.6 Å². The van der Waals surface area contributed by atoms with Crippen LogP contribution in [0.15, 0.2) is 72.1 Å². The Morgan fingerprint density at radius 3 is 2.35 bits per heavy atom. The summed E-state index contributed by atoms with van der Waals surface area (Å²) in [5.41, 5.74) is 3.38. The molecule has 0 aliphatic carbocycles. The van der Waals surface area contributed by atoms with Crippen LogP contribution in [-0.4, -0.2) is 30.4 Å². The van der Waals surface area contributed by atoms with E-state index in [0.717, 1.165) is 22.4 Å². The quantitative estimate of drug-likeness (QED) is 0.510. The summed E-state index contributed by atoms with van der Waals surface area (Å²) in [6.45, 7) is 2.93. The molecule has 0 bridgehead atoms. The first-order valence-electron chi connectivity index (χ1n) is 10.5. The lowest BCUT2D eigenvalue weighted by molar-refractivity contribution is -0.121. The molecule has 3 amide bonds. The van der Waals surface area contributed by atoms with E-state index in [-0.39, 0.29) is 30.9 Å². The molecular formula is C25H29N3O2S. The number of rotatable bonds is 9. The van der Waals surface area contributed by atoms with Crippen molar-refractivity contribution in [2.75, 3.05) is 13.6 Å². The number of carbonyl (C=O) groups is 2. The van der Waals surface area contributed by atoms with Crippen LogP contribution in [0.1, 0.15) is 41.0 Å². The van der Waals surface area contributed by atoms with Crippen molar-refractivity contribution in [2.45, 2.75) is 32.4 Å². The zero-order valence-corrected chi connectivity index (χ0v) is 18.8. The fraction of sp³-hybridized carbons (Fsp3) is 0.280. The second kappa shape index (κ2) is 11.3. The van der Waals surface area contributed by atoms with Crippen molar-refractivity contribution in [3.63, 3.8) is 0 Å². The normalized spacial score (nSPS) is 11.5. The molecular weight excluding hydrogens is 406 g/mol. The number of hydrogen-bond donors (Lipinski definition) is 2. The molecule has 0 aliphatic heterocycles. The average molecular weight is 436 g/mol. The first-order chi connectivity index (χ1) is 15.1. The number of thiophene rings is 1. The molecule has 0 radical (unpaired) electrons. The smallest absolute Gasteiger partial charge is 0.317 e. The Labute approximate surface area is 188 Å². The minimum absolute atomic E-state index is 0.0935. The fourth-order valence-corrected chi connectivity index (χ4v) is 4.10. The van der Waals surface area contributed by atoms with E-state index in [4.69, 9.17) is 0 Å². The number of amides is 3. The molecule has 31 heavy (non-hydrogen) atoms. The van der Waals surface area contributed by atoms with Gasteiger partial charge in [0.1, 0.15) is 0 Å². The number of nitrogens with zero attached hydrogens (tertiary/aromatic N) is 1. The third-order valence-corrected chi connectivity index (χ3v) is 6.03.